The first-order chi connectivity index (χ1) is 13.8. The van der Waals surface area contributed by atoms with E-state index in [9.17, 15) is 19.2 Å². The predicted octanol–water partition coefficient (Wildman–Crippen LogP) is 3.19. The van der Waals surface area contributed by atoms with Gasteiger partial charge < -0.3 is 18.9 Å². The highest BCUT2D eigenvalue weighted by molar-refractivity contribution is 5.93. The minimum absolute atomic E-state index is 0.215. The first-order valence-electron chi connectivity index (χ1n) is 8.60. The molecule has 0 fully saturated rings. The Bertz CT molecular complexity index is 872. The lowest BCUT2D eigenvalue weighted by Gasteiger charge is -2.07. The summed E-state index contributed by atoms with van der Waals surface area (Å²) in [6, 6.07) is 12.9. The van der Waals surface area contributed by atoms with Crippen LogP contribution in [0.2, 0.25) is 0 Å². The predicted molar refractivity (Wildman–Crippen MR) is 103 cm³/mol. The highest BCUT2D eigenvalue weighted by Crippen LogP contribution is 2.19. The Kier molecular flexibility index (Phi) is 9.60. The second-order valence-electron chi connectivity index (χ2n) is 5.39. The summed E-state index contributed by atoms with van der Waals surface area (Å²) >= 11 is 0. The van der Waals surface area contributed by atoms with Crippen LogP contribution in [0.4, 0.5) is 0 Å². The largest absolute Gasteiger partial charge is 0.465 e. The van der Waals surface area contributed by atoms with Crippen LogP contribution < -0.4 is 9.47 Å². The number of carbonyl (C=O) groups excluding carboxylic acids is 4. The van der Waals surface area contributed by atoms with Gasteiger partial charge in [0.15, 0.2) is 0 Å². The highest BCUT2D eigenvalue weighted by atomic mass is 16.6. The molecule has 2 rings (SSSR count). The molecule has 0 aliphatic carbocycles. The molecule has 0 bridgehead atoms. The molecule has 0 radical (unpaired) electrons. The summed E-state index contributed by atoms with van der Waals surface area (Å²) in [5, 5.41) is 0. The third-order valence-corrected chi connectivity index (χ3v) is 3.18. The van der Waals surface area contributed by atoms with Gasteiger partial charge in [0.25, 0.3) is 0 Å². The van der Waals surface area contributed by atoms with Crippen molar-refractivity contribution >= 4 is 23.9 Å². The topological polar surface area (TPSA) is 105 Å². The second-order valence-corrected chi connectivity index (χ2v) is 5.39. The number of ether oxygens (including phenoxy) is 4. The Balaban J connectivity index is 0.000000291. The monoisotopic (exact) mass is 402 g/mol. The van der Waals surface area contributed by atoms with Crippen molar-refractivity contribution in [3.63, 3.8) is 0 Å². The molecule has 8 heteroatoms. The van der Waals surface area contributed by atoms with Crippen molar-refractivity contribution in [3.05, 3.63) is 59.7 Å². The van der Waals surface area contributed by atoms with E-state index in [0.29, 0.717) is 0 Å². The molecule has 0 aromatic heterocycles. The Labute approximate surface area is 168 Å². The summed E-state index contributed by atoms with van der Waals surface area (Å²) in [7, 11) is 1.27. The summed E-state index contributed by atoms with van der Waals surface area (Å²) < 4.78 is 19.0. The number of rotatable bonds is 5. The highest BCUT2D eigenvalue weighted by Gasteiger charge is 2.14. The minimum atomic E-state index is -0.526. The number of benzene rings is 2. The van der Waals surface area contributed by atoms with Crippen molar-refractivity contribution in [2.75, 3.05) is 13.7 Å². The lowest BCUT2D eigenvalue weighted by atomic mass is 10.2. The van der Waals surface area contributed by atoms with Gasteiger partial charge in [0.05, 0.1) is 13.7 Å². The lowest BCUT2D eigenvalue weighted by Crippen LogP contribution is -2.10. The summed E-state index contributed by atoms with van der Waals surface area (Å²) in [6.45, 7) is 4.55. The zero-order valence-electron chi connectivity index (χ0n) is 16.6. The Morgan fingerprint density at radius 1 is 0.724 bits per heavy atom. The van der Waals surface area contributed by atoms with E-state index in [1.54, 1.807) is 43.3 Å². The number of para-hydroxylation sites is 2. The molecule has 0 atom stereocenters. The van der Waals surface area contributed by atoms with Gasteiger partial charge in [-0.15, -0.1) is 0 Å². The Morgan fingerprint density at radius 3 is 1.52 bits per heavy atom. The molecule has 0 amide bonds. The smallest absolute Gasteiger partial charge is 0.341 e. The van der Waals surface area contributed by atoms with Crippen molar-refractivity contribution < 1.29 is 38.1 Å². The molecule has 0 aliphatic heterocycles. The van der Waals surface area contributed by atoms with Gasteiger partial charge in [0.1, 0.15) is 22.6 Å². The molecule has 0 spiro atoms. The third-order valence-electron chi connectivity index (χ3n) is 3.18. The van der Waals surface area contributed by atoms with Crippen LogP contribution in [-0.2, 0) is 19.1 Å². The van der Waals surface area contributed by atoms with E-state index in [-0.39, 0.29) is 29.2 Å². The van der Waals surface area contributed by atoms with Crippen LogP contribution in [0.5, 0.6) is 11.5 Å². The zero-order valence-corrected chi connectivity index (χ0v) is 16.6. The number of methoxy groups -OCH3 is 1. The van der Waals surface area contributed by atoms with Crippen molar-refractivity contribution in [2.24, 2.45) is 0 Å². The lowest BCUT2D eigenvalue weighted by molar-refractivity contribution is -0.132. The van der Waals surface area contributed by atoms with Crippen molar-refractivity contribution in [1.82, 2.24) is 0 Å². The van der Waals surface area contributed by atoms with Crippen molar-refractivity contribution in [3.8, 4) is 11.5 Å². The molecule has 0 saturated heterocycles. The second kappa shape index (κ2) is 11.9. The molecule has 2 aromatic carbocycles. The molecule has 0 heterocycles. The van der Waals surface area contributed by atoms with E-state index < -0.39 is 23.9 Å². The first-order valence-corrected chi connectivity index (χ1v) is 8.60. The van der Waals surface area contributed by atoms with E-state index in [0.717, 1.165) is 0 Å². The normalized spacial score (nSPS) is 9.38. The third kappa shape index (κ3) is 7.84. The van der Waals surface area contributed by atoms with Gasteiger partial charge in [-0.3, -0.25) is 9.59 Å². The molecule has 0 aliphatic rings. The van der Waals surface area contributed by atoms with Gasteiger partial charge in [-0.05, 0) is 31.2 Å². The summed E-state index contributed by atoms with van der Waals surface area (Å²) in [4.78, 5) is 44.1. The van der Waals surface area contributed by atoms with Crippen LogP contribution in [0.3, 0.4) is 0 Å². The van der Waals surface area contributed by atoms with Gasteiger partial charge in [-0.2, -0.15) is 0 Å². The Hall–Kier alpha value is -3.68. The molecule has 2 aromatic rings. The summed E-state index contributed by atoms with van der Waals surface area (Å²) in [6.07, 6.45) is 0. The quantitative estimate of drug-likeness (QED) is 0.555. The maximum atomic E-state index is 11.4. The average molecular weight is 402 g/mol. The number of hydrogen-bond acceptors (Lipinski definition) is 8. The molecule has 0 saturated carbocycles. The fourth-order valence-electron chi connectivity index (χ4n) is 2.08. The maximum Gasteiger partial charge on any atom is 0.341 e. The van der Waals surface area contributed by atoms with Crippen LogP contribution in [0.1, 0.15) is 41.5 Å². The zero-order chi connectivity index (χ0) is 21.8. The average Bonchev–Trinajstić information content (AvgIpc) is 2.68. The molecular weight excluding hydrogens is 380 g/mol. The van der Waals surface area contributed by atoms with Gasteiger partial charge >= 0.3 is 23.9 Å². The van der Waals surface area contributed by atoms with Crippen molar-refractivity contribution in [2.45, 2.75) is 20.8 Å². The molecule has 8 nitrogen and oxygen atoms in total. The van der Waals surface area contributed by atoms with Crippen LogP contribution in [0.15, 0.2) is 48.5 Å². The van der Waals surface area contributed by atoms with E-state index >= 15 is 0 Å². The summed E-state index contributed by atoms with van der Waals surface area (Å²) in [5.41, 5.74) is 0.500. The number of hydrogen-bond donors (Lipinski definition) is 0. The molecule has 154 valence electrons. The van der Waals surface area contributed by atoms with Crippen molar-refractivity contribution in [1.29, 1.82) is 0 Å². The standard InChI is InChI=1S/C11H12O4.C10H10O4/c1-3-14-11(13)9-6-4-5-7-10(9)15-8(2)12;1-7(11)14-9-6-4-3-5-8(9)10(12)13-2/h4-7H,3H2,1-2H3;3-6H,1-2H3. The van der Waals surface area contributed by atoms with Crippen LogP contribution in [0.25, 0.3) is 0 Å². The number of esters is 4. The Morgan fingerprint density at radius 2 is 1.14 bits per heavy atom. The van der Waals surface area contributed by atoms with E-state index in [1.807, 2.05) is 0 Å². The first kappa shape index (κ1) is 23.4. The van der Waals surface area contributed by atoms with Gasteiger partial charge in [-0.25, -0.2) is 9.59 Å². The molecule has 29 heavy (non-hydrogen) atoms. The van der Waals surface area contributed by atoms with E-state index in [2.05, 4.69) is 4.74 Å². The summed E-state index contributed by atoms with van der Waals surface area (Å²) in [5.74, 6) is -1.51. The van der Waals surface area contributed by atoms with E-state index in [4.69, 9.17) is 14.2 Å². The molecular formula is C21H22O8. The van der Waals surface area contributed by atoms with Gasteiger partial charge in [-0.1, -0.05) is 24.3 Å². The number of carbonyl (C=O) groups is 4. The molecule has 0 unspecified atom stereocenters. The van der Waals surface area contributed by atoms with Gasteiger partial charge in [0.2, 0.25) is 0 Å². The fourth-order valence-corrected chi connectivity index (χ4v) is 2.08. The van der Waals surface area contributed by atoms with E-state index in [1.165, 1.54) is 33.1 Å². The maximum absolute atomic E-state index is 11.4. The van der Waals surface area contributed by atoms with Gasteiger partial charge in [0, 0.05) is 13.8 Å². The minimum Gasteiger partial charge on any atom is -0.465 e. The molecule has 0 N–H and O–H groups in total. The van der Waals surface area contributed by atoms with Crippen LogP contribution in [0, 0.1) is 0 Å². The SMILES string of the molecule is CCOC(=O)c1ccccc1OC(C)=O.COC(=O)c1ccccc1OC(C)=O. The van der Waals surface area contributed by atoms with Crippen LogP contribution >= 0.6 is 0 Å². The fraction of sp³-hybridized carbons (Fsp3) is 0.238. The van der Waals surface area contributed by atoms with Crippen LogP contribution in [-0.4, -0.2) is 37.6 Å².